The van der Waals surface area contributed by atoms with Gasteiger partial charge in [0.15, 0.2) is 10.9 Å². The van der Waals surface area contributed by atoms with E-state index in [2.05, 4.69) is 15.4 Å². The molecule has 30 heavy (non-hydrogen) atoms. The van der Waals surface area contributed by atoms with E-state index in [1.807, 2.05) is 66.9 Å². The zero-order valence-electron chi connectivity index (χ0n) is 16.1. The highest BCUT2D eigenvalue weighted by Gasteiger charge is 2.17. The van der Waals surface area contributed by atoms with Crippen molar-refractivity contribution >= 4 is 34.2 Å². The average molecular weight is 414 g/mol. The first-order chi connectivity index (χ1) is 14.6. The number of anilines is 1. The first-order valence-electron chi connectivity index (χ1n) is 9.26. The first kappa shape index (κ1) is 19.5. The lowest BCUT2D eigenvalue weighted by atomic mass is 10.1. The quantitative estimate of drug-likeness (QED) is 0.361. The maximum Gasteiger partial charge on any atom is 0.250 e. The third-order valence-electron chi connectivity index (χ3n) is 4.27. The molecule has 2 aromatic carbocycles. The number of ketones is 1. The SMILES string of the molecule is CC(=O)c1sc(NC(=O)/C=C/c2cnn(-c3ccccc3)c2)nc1-c1ccccc1. The summed E-state index contributed by atoms with van der Waals surface area (Å²) in [5.74, 6) is -0.415. The smallest absolute Gasteiger partial charge is 0.250 e. The van der Waals surface area contributed by atoms with Gasteiger partial charge in [-0.2, -0.15) is 5.10 Å². The lowest BCUT2D eigenvalue weighted by Gasteiger charge is -1.98. The summed E-state index contributed by atoms with van der Waals surface area (Å²) in [6.07, 6.45) is 6.62. The summed E-state index contributed by atoms with van der Waals surface area (Å²) in [4.78, 5) is 29.3. The van der Waals surface area contributed by atoms with Crippen LogP contribution >= 0.6 is 11.3 Å². The van der Waals surface area contributed by atoms with Crippen molar-refractivity contribution in [3.8, 4) is 16.9 Å². The minimum atomic E-state index is -0.328. The Morgan fingerprint density at radius 2 is 1.73 bits per heavy atom. The number of hydrogen-bond acceptors (Lipinski definition) is 5. The average Bonchev–Trinajstić information content (AvgIpc) is 3.41. The molecule has 2 heterocycles. The van der Waals surface area contributed by atoms with E-state index in [-0.39, 0.29) is 11.7 Å². The van der Waals surface area contributed by atoms with Crippen molar-refractivity contribution in [1.82, 2.24) is 14.8 Å². The van der Waals surface area contributed by atoms with Crippen LogP contribution in [0, 0.1) is 0 Å². The predicted molar refractivity (Wildman–Crippen MR) is 119 cm³/mol. The van der Waals surface area contributed by atoms with E-state index in [9.17, 15) is 9.59 Å². The van der Waals surface area contributed by atoms with Gasteiger partial charge in [0, 0.05) is 30.3 Å². The maximum atomic E-state index is 12.3. The standard InChI is InChI=1S/C23H18N4O2S/c1-16(28)22-21(18-8-4-2-5-9-18)26-23(30-22)25-20(29)13-12-17-14-24-27(15-17)19-10-6-3-7-11-19/h2-15H,1H3,(H,25,26,29)/b13-12+. The number of para-hydroxylation sites is 1. The molecule has 0 unspecified atom stereocenters. The van der Waals surface area contributed by atoms with Crippen LogP contribution in [0.2, 0.25) is 0 Å². The van der Waals surface area contributed by atoms with Gasteiger partial charge >= 0.3 is 0 Å². The second kappa shape index (κ2) is 8.67. The number of carbonyl (C=O) groups excluding carboxylic acids is 2. The Kier molecular flexibility index (Phi) is 5.63. The Balaban J connectivity index is 1.48. The molecular weight excluding hydrogens is 396 g/mol. The Labute approximate surface area is 177 Å². The Morgan fingerprint density at radius 1 is 1.03 bits per heavy atom. The van der Waals surface area contributed by atoms with Crippen LogP contribution in [0.1, 0.15) is 22.2 Å². The van der Waals surface area contributed by atoms with E-state index in [4.69, 9.17) is 0 Å². The topological polar surface area (TPSA) is 76.9 Å². The number of benzene rings is 2. The van der Waals surface area contributed by atoms with Gasteiger partial charge < -0.3 is 0 Å². The van der Waals surface area contributed by atoms with Gasteiger partial charge in [-0.25, -0.2) is 9.67 Å². The molecule has 4 aromatic rings. The molecule has 1 N–H and O–H groups in total. The van der Waals surface area contributed by atoms with Crippen LogP contribution in [0.4, 0.5) is 5.13 Å². The lowest BCUT2D eigenvalue weighted by molar-refractivity contribution is -0.111. The minimum absolute atomic E-state index is 0.0873. The van der Waals surface area contributed by atoms with Gasteiger partial charge in [-0.05, 0) is 18.2 Å². The number of nitrogens with one attached hydrogen (secondary N) is 1. The monoisotopic (exact) mass is 414 g/mol. The molecule has 0 aliphatic carbocycles. The van der Waals surface area contributed by atoms with E-state index in [1.165, 1.54) is 24.3 Å². The summed E-state index contributed by atoms with van der Waals surface area (Å²) in [7, 11) is 0. The number of nitrogens with zero attached hydrogens (tertiary/aromatic N) is 3. The van der Waals surface area contributed by atoms with Crippen LogP contribution < -0.4 is 5.32 Å². The molecule has 0 spiro atoms. The van der Waals surface area contributed by atoms with Gasteiger partial charge in [-0.3, -0.25) is 14.9 Å². The molecule has 0 saturated heterocycles. The number of rotatable bonds is 6. The van der Waals surface area contributed by atoms with Crippen LogP contribution in [0.3, 0.4) is 0 Å². The zero-order valence-corrected chi connectivity index (χ0v) is 17.0. The highest BCUT2D eigenvalue weighted by atomic mass is 32.1. The Bertz CT molecular complexity index is 1210. The van der Waals surface area contributed by atoms with E-state index in [0.717, 1.165) is 16.8 Å². The van der Waals surface area contributed by atoms with Crippen molar-refractivity contribution in [3.63, 3.8) is 0 Å². The number of amides is 1. The highest BCUT2D eigenvalue weighted by Crippen LogP contribution is 2.31. The van der Waals surface area contributed by atoms with Gasteiger partial charge in [-0.15, -0.1) is 0 Å². The van der Waals surface area contributed by atoms with E-state index >= 15 is 0 Å². The fourth-order valence-corrected chi connectivity index (χ4v) is 3.75. The Hall–Kier alpha value is -3.84. The van der Waals surface area contributed by atoms with E-state index < -0.39 is 0 Å². The van der Waals surface area contributed by atoms with Crippen molar-refractivity contribution in [2.45, 2.75) is 6.92 Å². The fraction of sp³-hybridized carbons (Fsp3) is 0.0435. The van der Waals surface area contributed by atoms with Crippen molar-refractivity contribution < 1.29 is 9.59 Å². The van der Waals surface area contributed by atoms with Crippen LogP contribution in [-0.4, -0.2) is 26.5 Å². The highest BCUT2D eigenvalue weighted by molar-refractivity contribution is 7.18. The Morgan fingerprint density at radius 3 is 2.43 bits per heavy atom. The van der Waals surface area contributed by atoms with Crippen LogP contribution in [-0.2, 0) is 4.79 Å². The molecule has 148 valence electrons. The fourth-order valence-electron chi connectivity index (χ4n) is 2.87. The van der Waals surface area contributed by atoms with Gasteiger partial charge in [-0.1, -0.05) is 59.9 Å². The molecule has 0 radical (unpaired) electrons. The number of hydrogen-bond donors (Lipinski definition) is 1. The van der Waals surface area contributed by atoms with E-state index in [1.54, 1.807) is 17.0 Å². The second-order valence-electron chi connectivity index (χ2n) is 6.50. The largest absolute Gasteiger partial charge is 0.298 e. The molecule has 0 saturated carbocycles. The normalized spacial score (nSPS) is 11.0. The summed E-state index contributed by atoms with van der Waals surface area (Å²) in [5, 5.41) is 7.42. The molecular formula is C23H18N4O2S. The van der Waals surface area contributed by atoms with Crippen molar-refractivity contribution in [3.05, 3.63) is 89.6 Å². The molecule has 0 bridgehead atoms. The zero-order chi connectivity index (χ0) is 20.9. The third kappa shape index (κ3) is 4.42. The molecule has 0 aliphatic rings. The van der Waals surface area contributed by atoms with Crippen LogP contribution in [0.15, 0.2) is 79.1 Å². The van der Waals surface area contributed by atoms with Crippen molar-refractivity contribution in [1.29, 1.82) is 0 Å². The summed E-state index contributed by atoms with van der Waals surface area (Å²) in [6, 6.07) is 19.2. The molecule has 6 nitrogen and oxygen atoms in total. The molecule has 0 fully saturated rings. The summed E-state index contributed by atoms with van der Waals surface area (Å²) in [5.41, 5.74) is 3.15. The summed E-state index contributed by atoms with van der Waals surface area (Å²) >= 11 is 1.17. The van der Waals surface area contributed by atoms with Crippen LogP contribution in [0.5, 0.6) is 0 Å². The first-order valence-corrected chi connectivity index (χ1v) is 10.1. The predicted octanol–water partition coefficient (Wildman–Crippen LogP) is 4.85. The van der Waals surface area contributed by atoms with E-state index in [0.29, 0.717) is 15.7 Å². The third-order valence-corrected chi connectivity index (χ3v) is 5.35. The van der Waals surface area contributed by atoms with Gasteiger partial charge in [0.1, 0.15) is 0 Å². The molecule has 2 aromatic heterocycles. The number of thiazole rings is 1. The number of Topliss-reactive ketones (excluding diaryl/α,β-unsaturated/α-hetero) is 1. The van der Waals surface area contributed by atoms with Gasteiger partial charge in [0.05, 0.1) is 22.5 Å². The number of carbonyl (C=O) groups is 2. The second-order valence-corrected chi connectivity index (χ2v) is 7.49. The van der Waals surface area contributed by atoms with Crippen molar-refractivity contribution in [2.24, 2.45) is 0 Å². The lowest BCUT2D eigenvalue weighted by Crippen LogP contribution is -2.07. The maximum absolute atomic E-state index is 12.3. The molecule has 1 amide bonds. The molecule has 7 heteroatoms. The van der Waals surface area contributed by atoms with Crippen molar-refractivity contribution in [2.75, 3.05) is 5.32 Å². The molecule has 0 atom stereocenters. The number of aromatic nitrogens is 3. The van der Waals surface area contributed by atoms with Crippen LogP contribution in [0.25, 0.3) is 23.0 Å². The van der Waals surface area contributed by atoms with Gasteiger partial charge in [0.25, 0.3) is 0 Å². The summed E-state index contributed by atoms with van der Waals surface area (Å²) in [6.45, 7) is 1.50. The summed E-state index contributed by atoms with van der Waals surface area (Å²) < 4.78 is 1.74. The molecule has 4 rings (SSSR count). The minimum Gasteiger partial charge on any atom is -0.298 e. The van der Waals surface area contributed by atoms with Gasteiger partial charge in [0.2, 0.25) is 5.91 Å². The molecule has 0 aliphatic heterocycles.